The van der Waals surface area contributed by atoms with Gasteiger partial charge in [0, 0.05) is 18.0 Å². The first kappa shape index (κ1) is 22.1. The topological polar surface area (TPSA) is 101 Å². The maximum atomic E-state index is 13.1. The van der Waals surface area contributed by atoms with Crippen molar-refractivity contribution < 1.29 is 19.1 Å². The predicted molar refractivity (Wildman–Crippen MR) is 116 cm³/mol. The number of nitrogens with one attached hydrogen (secondary N) is 2. The van der Waals surface area contributed by atoms with Crippen LogP contribution >= 0.6 is 0 Å². The van der Waals surface area contributed by atoms with E-state index in [0.29, 0.717) is 30.2 Å². The minimum absolute atomic E-state index is 0.0522. The third kappa shape index (κ3) is 4.79. The molecule has 1 aliphatic rings. The van der Waals surface area contributed by atoms with Gasteiger partial charge in [0.15, 0.2) is 5.75 Å². The zero-order valence-corrected chi connectivity index (χ0v) is 18.0. The van der Waals surface area contributed by atoms with Crippen LogP contribution in [0.15, 0.2) is 53.5 Å². The van der Waals surface area contributed by atoms with Gasteiger partial charge in [-0.3, -0.25) is 14.5 Å². The lowest BCUT2D eigenvalue weighted by Crippen LogP contribution is -2.40. The van der Waals surface area contributed by atoms with E-state index in [1.54, 1.807) is 31.2 Å². The van der Waals surface area contributed by atoms with Gasteiger partial charge in [-0.25, -0.2) is 4.79 Å². The number of aromatic amines is 1. The smallest absolute Gasteiger partial charge is 0.325 e. The van der Waals surface area contributed by atoms with Gasteiger partial charge in [-0.15, -0.1) is 0 Å². The normalized spacial score (nSPS) is 18.1. The molecule has 8 nitrogen and oxygen atoms in total. The van der Waals surface area contributed by atoms with Crippen LogP contribution < -0.4 is 20.2 Å². The lowest BCUT2D eigenvalue weighted by Gasteiger charge is -2.22. The van der Waals surface area contributed by atoms with Crippen LogP contribution in [0.1, 0.15) is 38.4 Å². The van der Waals surface area contributed by atoms with Crippen molar-refractivity contribution in [2.45, 2.75) is 39.3 Å². The second kappa shape index (κ2) is 9.07. The average Bonchev–Trinajstić information content (AvgIpc) is 2.96. The summed E-state index contributed by atoms with van der Waals surface area (Å²) in [7, 11) is 0. The number of pyridine rings is 1. The minimum Gasteiger partial charge on any atom is -0.489 e. The molecule has 0 bridgehead atoms. The van der Waals surface area contributed by atoms with E-state index < -0.39 is 17.5 Å². The van der Waals surface area contributed by atoms with Gasteiger partial charge in [-0.2, -0.15) is 0 Å². The van der Waals surface area contributed by atoms with E-state index in [9.17, 15) is 14.4 Å². The lowest BCUT2D eigenvalue weighted by atomic mass is 9.92. The average molecular weight is 425 g/mol. The molecule has 8 heteroatoms. The zero-order chi connectivity index (χ0) is 22.6. The van der Waals surface area contributed by atoms with Crippen molar-refractivity contribution in [1.82, 2.24) is 15.2 Å². The molecule has 0 aliphatic carbocycles. The number of ether oxygens (including phenoxy) is 2. The monoisotopic (exact) mass is 425 g/mol. The van der Waals surface area contributed by atoms with Crippen molar-refractivity contribution in [1.29, 1.82) is 0 Å². The van der Waals surface area contributed by atoms with Crippen LogP contribution in [0.25, 0.3) is 0 Å². The maximum Gasteiger partial charge on any atom is 0.325 e. The van der Waals surface area contributed by atoms with Gasteiger partial charge in [0.1, 0.15) is 17.9 Å². The standard InChI is InChI=1S/C23H27N3O5/c1-5-10-30-20-12-24-17(11-19(20)27)13-26-21(28)23(4,25-22(26)29)16-6-8-18(9-7-16)31-14-15(2)3/h6-9,11-12H,2,5,10,13-14H2,1,3-4H3,(H,24,27)(H,25,29). The van der Waals surface area contributed by atoms with E-state index in [1.165, 1.54) is 12.3 Å². The first-order chi connectivity index (χ1) is 14.7. The Bertz CT molecular complexity index is 1040. The molecule has 1 atom stereocenters. The predicted octanol–water partition coefficient (Wildman–Crippen LogP) is 3.09. The molecule has 31 heavy (non-hydrogen) atoms. The zero-order valence-electron chi connectivity index (χ0n) is 18.0. The molecule has 3 amide bonds. The van der Waals surface area contributed by atoms with Crippen molar-refractivity contribution >= 4 is 11.9 Å². The summed E-state index contributed by atoms with van der Waals surface area (Å²) in [5.74, 6) is 0.453. The van der Waals surface area contributed by atoms with Gasteiger partial charge in [-0.1, -0.05) is 25.6 Å². The summed E-state index contributed by atoms with van der Waals surface area (Å²) >= 11 is 0. The summed E-state index contributed by atoms with van der Waals surface area (Å²) < 4.78 is 11.0. The highest BCUT2D eigenvalue weighted by Gasteiger charge is 2.49. The molecule has 1 aliphatic heterocycles. The number of hydrogen-bond donors (Lipinski definition) is 2. The van der Waals surface area contributed by atoms with Crippen molar-refractivity contribution in [2.75, 3.05) is 13.2 Å². The number of urea groups is 1. The van der Waals surface area contributed by atoms with Gasteiger partial charge >= 0.3 is 6.03 Å². The van der Waals surface area contributed by atoms with Crippen LogP contribution in [-0.4, -0.2) is 35.0 Å². The summed E-state index contributed by atoms with van der Waals surface area (Å²) in [5, 5.41) is 2.76. The third-order valence-corrected chi connectivity index (χ3v) is 4.92. The molecule has 2 aromatic rings. The summed E-state index contributed by atoms with van der Waals surface area (Å²) in [5.41, 5.74) is 0.447. The number of carbonyl (C=O) groups excluding carboxylic acids is 2. The summed E-state index contributed by atoms with van der Waals surface area (Å²) in [6.07, 6.45) is 2.23. The number of carbonyl (C=O) groups is 2. The first-order valence-electron chi connectivity index (χ1n) is 10.1. The highest BCUT2D eigenvalue weighted by molar-refractivity contribution is 6.07. The fourth-order valence-corrected chi connectivity index (χ4v) is 3.21. The van der Waals surface area contributed by atoms with E-state index >= 15 is 0 Å². The van der Waals surface area contributed by atoms with Crippen molar-refractivity contribution in [2.24, 2.45) is 0 Å². The summed E-state index contributed by atoms with van der Waals surface area (Å²) in [6, 6.07) is 7.81. The minimum atomic E-state index is -1.21. The number of aromatic nitrogens is 1. The van der Waals surface area contributed by atoms with Crippen LogP contribution in [0.2, 0.25) is 0 Å². The molecule has 1 aromatic heterocycles. The molecule has 3 rings (SSSR count). The SMILES string of the molecule is C=C(C)COc1ccc(C2(C)NC(=O)N(Cc3cc(=O)c(OCCC)c[nH]3)C2=O)cc1. The number of amides is 3. The second-order valence-corrected chi connectivity index (χ2v) is 7.75. The highest BCUT2D eigenvalue weighted by atomic mass is 16.5. The van der Waals surface area contributed by atoms with E-state index in [0.717, 1.165) is 16.9 Å². The Hall–Kier alpha value is -3.55. The van der Waals surface area contributed by atoms with E-state index in [4.69, 9.17) is 9.47 Å². The molecule has 1 unspecified atom stereocenters. The Kier molecular flexibility index (Phi) is 6.48. The molecule has 2 heterocycles. The van der Waals surface area contributed by atoms with E-state index in [-0.39, 0.29) is 17.7 Å². The van der Waals surface area contributed by atoms with Crippen molar-refractivity contribution in [3.8, 4) is 11.5 Å². The number of imide groups is 1. The van der Waals surface area contributed by atoms with Crippen LogP contribution in [-0.2, 0) is 16.9 Å². The largest absolute Gasteiger partial charge is 0.489 e. The molecule has 2 N–H and O–H groups in total. The third-order valence-electron chi connectivity index (χ3n) is 4.92. The molecule has 0 radical (unpaired) electrons. The van der Waals surface area contributed by atoms with Crippen LogP contribution in [0.5, 0.6) is 11.5 Å². The molecule has 0 spiro atoms. The van der Waals surface area contributed by atoms with Gasteiger partial charge in [0.05, 0.1) is 13.2 Å². The Morgan fingerprint density at radius 2 is 1.87 bits per heavy atom. The van der Waals surface area contributed by atoms with E-state index in [1.807, 2.05) is 13.8 Å². The van der Waals surface area contributed by atoms with Gasteiger partial charge in [-0.05, 0) is 43.5 Å². The Balaban J connectivity index is 1.75. The van der Waals surface area contributed by atoms with Crippen molar-refractivity contribution in [3.63, 3.8) is 0 Å². The summed E-state index contributed by atoms with van der Waals surface area (Å²) in [4.78, 5) is 41.9. The molecular formula is C23H27N3O5. The molecule has 1 saturated heterocycles. The number of hydrogen-bond acceptors (Lipinski definition) is 5. The second-order valence-electron chi connectivity index (χ2n) is 7.75. The number of benzene rings is 1. The first-order valence-corrected chi connectivity index (χ1v) is 10.1. The number of H-pyrrole nitrogens is 1. The molecule has 1 fully saturated rings. The molecule has 0 saturated carbocycles. The summed E-state index contributed by atoms with van der Waals surface area (Å²) in [6.45, 7) is 10.1. The quantitative estimate of drug-likeness (QED) is 0.475. The Morgan fingerprint density at radius 3 is 2.48 bits per heavy atom. The van der Waals surface area contributed by atoms with Crippen LogP contribution in [0, 0.1) is 0 Å². The van der Waals surface area contributed by atoms with Gasteiger partial charge in [0.2, 0.25) is 5.43 Å². The fourth-order valence-electron chi connectivity index (χ4n) is 3.21. The maximum absolute atomic E-state index is 13.1. The Morgan fingerprint density at radius 1 is 1.16 bits per heavy atom. The Labute approximate surface area is 180 Å². The molecule has 1 aromatic carbocycles. The number of nitrogens with zero attached hydrogens (tertiary/aromatic N) is 1. The molecule has 164 valence electrons. The van der Waals surface area contributed by atoms with E-state index in [2.05, 4.69) is 16.9 Å². The molecular weight excluding hydrogens is 398 g/mol. The van der Waals surface area contributed by atoms with Crippen LogP contribution in [0.4, 0.5) is 4.79 Å². The van der Waals surface area contributed by atoms with Crippen molar-refractivity contribution in [3.05, 3.63) is 70.2 Å². The highest BCUT2D eigenvalue weighted by Crippen LogP contribution is 2.30. The van der Waals surface area contributed by atoms with Gasteiger partial charge in [0.25, 0.3) is 5.91 Å². The van der Waals surface area contributed by atoms with Crippen LogP contribution in [0.3, 0.4) is 0 Å². The lowest BCUT2D eigenvalue weighted by molar-refractivity contribution is -0.131. The number of rotatable bonds is 9. The van der Waals surface area contributed by atoms with Gasteiger partial charge < -0.3 is 19.8 Å². The fraction of sp³-hybridized carbons (Fsp3) is 0.348.